The Morgan fingerprint density at radius 2 is 1.70 bits per heavy atom. The third kappa shape index (κ3) is 5.42. The largest absolute Gasteiger partial charge is 2.00 e. The van der Waals surface area contributed by atoms with E-state index >= 15 is 0 Å². The minimum Gasteiger partial charge on any atom is -0.499 e. The van der Waals surface area contributed by atoms with E-state index in [9.17, 15) is 0 Å². The van der Waals surface area contributed by atoms with Crippen molar-refractivity contribution in [1.82, 2.24) is 0 Å². The summed E-state index contributed by atoms with van der Waals surface area (Å²) in [6.45, 7) is 17.1. The van der Waals surface area contributed by atoms with Crippen molar-refractivity contribution in [2.24, 2.45) is 23.7 Å². The molecule has 3 aliphatic carbocycles. The summed E-state index contributed by atoms with van der Waals surface area (Å²) in [6, 6.07) is 0. The first-order valence-corrected chi connectivity index (χ1v) is 13.5. The normalized spacial score (nSPS) is 31.3. The van der Waals surface area contributed by atoms with Gasteiger partial charge in [0.25, 0.3) is 0 Å². The molecule has 0 aromatic carbocycles. The first kappa shape index (κ1) is 26.1. The van der Waals surface area contributed by atoms with Gasteiger partial charge >= 0.3 is 20.4 Å². The molecule has 3 aliphatic rings. The third-order valence-electron chi connectivity index (χ3n) is 7.18. The van der Waals surface area contributed by atoms with Crippen LogP contribution in [-0.2, 0) is 25.2 Å². The van der Waals surface area contributed by atoms with Crippen molar-refractivity contribution in [3.63, 3.8) is 0 Å². The van der Waals surface area contributed by atoms with Gasteiger partial charge in [0.15, 0.2) is 0 Å². The van der Waals surface area contributed by atoms with Crippen LogP contribution in [0.5, 0.6) is 0 Å². The summed E-state index contributed by atoms with van der Waals surface area (Å²) in [6.07, 6.45) is 12.4. The number of rotatable bonds is 7. The minimum atomic E-state index is -0.927. The molecule has 4 heteroatoms. The van der Waals surface area contributed by atoms with Crippen molar-refractivity contribution in [3.05, 3.63) is 18.6 Å². The van der Waals surface area contributed by atoms with Crippen molar-refractivity contribution >= 4 is 18.9 Å². The summed E-state index contributed by atoms with van der Waals surface area (Å²) in [5.41, 5.74) is 3.21. The zero-order valence-corrected chi connectivity index (χ0v) is 21.6. The SMILES string of the molecule is CC(C)[P+](CCl)(C(C)C)C(C)C.CCCOC1[CH-]C2CC1C1CC=[C-]C21.[Pd+2]. The maximum atomic E-state index is 6.16. The zero-order chi connectivity index (χ0) is 19.5. The molecule has 27 heavy (non-hydrogen) atoms. The molecular weight excluding hydrogens is 465 g/mol. The molecule has 5 atom stereocenters. The molecule has 0 heterocycles. The van der Waals surface area contributed by atoms with Gasteiger partial charge in [0.1, 0.15) is 5.62 Å². The Labute approximate surface area is 188 Å². The number of alkyl halides is 1. The van der Waals surface area contributed by atoms with Gasteiger partial charge in [-0.25, -0.2) is 0 Å². The molecule has 0 radical (unpaired) electrons. The van der Waals surface area contributed by atoms with Gasteiger partial charge in [-0.05, 0) is 53.9 Å². The van der Waals surface area contributed by atoms with Crippen molar-refractivity contribution in [2.45, 2.75) is 90.8 Å². The molecule has 5 unspecified atom stereocenters. The summed E-state index contributed by atoms with van der Waals surface area (Å²) in [4.78, 5) is 0. The van der Waals surface area contributed by atoms with Crippen LogP contribution in [0.3, 0.4) is 0 Å². The van der Waals surface area contributed by atoms with E-state index in [2.05, 4.69) is 67.0 Å². The van der Waals surface area contributed by atoms with Gasteiger partial charge < -0.3 is 10.8 Å². The van der Waals surface area contributed by atoms with E-state index in [0.717, 1.165) is 59.3 Å². The smallest absolute Gasteiger partial charge is 0.499 e. The number of hydrogen-bond donors (Lipinski definition) is 0. The van der Waals surface area contributed by atoms with Crippen LogP contribution in [0, 0.1) is 36.2 Å². The molecule has 0 amide bonds. The first-order valence-electron chi connectivity index (χ1n) is 10.8. The number of ether oxygens (including phenoxy) is 1. The van der Waals surface area contributed by atoms with Crippen molar-refractivity contribution in [3.8, 4) is 0 Å². The van der Waals surface area contributed by atoms with Crippen LogP contribution >= 0.6 is 18.9 Å². The monoisotopic (exact) mass is 505 g/mol. The molecule has 3 rings (SSSR count). The Kier molecular flexibility index (Phi) is 11.1. The van der Waals surface area contributed by atoms with E-state index < -0.39 is 7.26 Å². The van der Waals surface area contributed by atoms with Crippen LogP contribution in [0.1, 0.15) is 67.7 Å². The Bertz CT molecular complexity index is 444. The molecule has 0 saturated heterocycles. The fraction of sp³-hybridized carbons (Fsp3) is 0.870. The van der Waals surface area contributed by atoms with Gasteiger partial charge in [-0.3, -0.25) is 12.5 Å². The number of allylic oxidation sites excluding steroid dienone is 2. The molecule has 0 N–H and O–H groups in total. The predicted molar refractivity (Wildman–Crippen MR) is 118 cm³/mol. The molecule has 2 fully saturated rings. The van der Waals surface area contributed by atoms with Crippen LogP contribution in [0.15, 0.2) is 6.08 Å². The molecule has 1 nitrogen and oxygen atoms in total. The summed E-state index contributed by atoms with van der Waals surface area (Å²) in [5, 5.41) is 0. The van der Waals surface area contributed by atoms with E-state index in [-0.39, 0.29) is 20.4 Å². The second kappa shape index (κ2) is 11.5. The number of hydrogen-bond acceptors (Lipinski definition) is 1. The van der Waals surface area contributed by atoms with Crippen molar-refractivity contribution in [1.29, 1.82) is 0 Å². The average molecular weight is 506 g/mol. The molecule has 0 aromatic heterocycles. The van der Waals surface area contributed by atoms with Crippen molar-refractivity contribution in [2.75, 3.05) is 12.2 Å². The van der Waals surface area contributed by atoms with Gasteiger partial charge in [0.05, 0.1) is 17.0 Å². The number of fused-ring (bicyclic) bond motifs is 5. The quantitative estimate of drug-likeness (QED) is 0.156. The summed E-state index contributed by atoms with van der Waals surface area (Å²) in [5.74, 6) is 3.21. The van der Waals surface area contributed by atoms with Gasteiger partial charge in [-0.2, -0.15) is 11.8 Å². The van der Waals surface area contributed by atoms with Gasteiger partial charge in [-0.15, -0.1) is 0 Å². The molecule has 2 bridgehead atoms. The molecule has 0 aromatic rings. The summed E-state index contributed by atoms with van der Waals surface area (Å²) in [7, 11) is -0.927. The van der Waals surface area contributed by atoms with Gasteiger partial charge in [0.2, 0.25) is 0 Å². The standard InChI is InChI=1S/C13H18O.C10H23ClP.Pd/c1-2-6-14-13-8-9-7-12(13)11-5-3-4-10(9)11;1-8(2)12(7-11,9(3)4)10(5)6;/h3,8-13H,2,5-7H2,1H3;8-10H,7H2,1-6H3;/q-2;+1;+2. The number of halogens is 1. The van der Waals surface area contributed by atoms with Gasteiger partial charge in [0, 0.05) is 13.9 Å². The Hall–Kier alpha value is 1.08. The van der Waals surface area contributed by atoms with E-state index in [0.29, 0.717) is 6.10 Å². The summed E-state index contributed by atoms with van der Waals surface area (Å²) >= 11 is 6.16. The maximum Gasteiger partial charge on any atom is 2.00 e. The molecule has 0 aliphatic heterocycles. The van der Waals surface area contributed by atoms with E-state index in [1.807, 2.05) is 0 Å². The maximum absolute atomic E-state index is 6.16. The average Bonchev–Trinajstić information content (AvgIpc) is 3.26. The molecule has 2 saturated carbocycles. The van der Waals surface area contributed by atoms with Crippen LogP contribution in [-0.4, -0.2) is 35.3 Å². The van der Waals surface area contributed by atoms with Crippen LogP contribution in [0.4, 0.5) is 0 Å². The molecule has 0 spiro atoms. The Morgan fingerprint density at radius 3 is 2.15 bits per heavy atom. The Morgan fingerprint density at radius 1 is 1.11 bits per heavy atom. The fourth-order valence-electron chi connectivity index (χ4n) is 5.73. The molecule has 160 valence electrons. The van der Waals surface area contributed by atoms with Crippen molar-refractivity contribution < 1.29 is 25.2 Å². The van der Waals surface area contributed by atoms with E-state index in [4.69, 9.17) is 16.3 Å². The fourth-order valence-corrected chi connectivity index (χ4v) is 12.6. The molecular formula is C23H41ClOPPd+. The Balaban J connectivity index is 0.000000265. The van der Waals surface area contributed by atoms with E-state index in [1.54, 1.807) is 0 Å². The van der Waals surface area contributed by atoms with Crippen LogP contribution in [0.2, 0.25) is 0 Å². The first-order chi connectivity index (χ1) is 12.3. The second-order valence-electron chi connectivity index (χ2n) is 9.28. The van der Waals surface area contributed by atoms with Gasteiger partial charge in [-0.1, -0.05) is 43.4 Å². The van der Waals surface area contributed by atoms with E-state index in [1.165, 1.54) is 12.8 Å². The second-order valence-corrected chi connectivity index (χ2v) is 15.3. The topological polar surface area (TPSA) is 9.23 Å². The summed E-state index contributed by atoms with van der Waals surface area (Å²) < 4.78 is 5.90. The van der Waals surface area contributed by atoms with Crippen LogP contribution in [0.25, 0.3) is 0 Å². The third-order valence-corrected chi connectivity index (χ3v) is 14.6. The zero-order valence-electron chi connectivity index (χ0n) is 18.4. The predicted octanol–water partition coefficient (Wildman–Crippen LogP) is 7.05. The minimum absolute atomic E-state index is 0. The van der Waals surface area contributed by atoms with Crippen LogP contribution < -0.4 is 0 Å².